The standard InChI is InChI=1S/C33H50O4/c1-3-4-5-6-7-8-9-10-11-12-13-14-15-16-17-18-25-37-30-22-19-28(20-23-30)27(2)29-21-24-32(34)31(26-29)33(35)36/h19-24,26-27,34H,3-18,25H2,1-2H3,(H,35,36). The van der Waals surface area contributed by atoms with Crippen LogP contribution in [-0.4, -0.2) is 22.8 Å². The first kappa shape index (κ1) is 30.7. The van der Waals surface area contributed by atoms with Crippen LogP contribution in [0.15, 0.2) is 42.5 Å². The van der Waals surface area contributed by atoms with Crippen molar-refractivity contribution in [2.75, 3.05) is 6.61 Å². The monoisotopic (exact) mass is 510 g/mol. The van der Waals surface area contributed by atoms with E-state index in [2.05, 4.69) is 6.92 Å². The van der Waals surface area contributed by atoms with E-state index in [-0.39, 0.29) is 17.2 Å². The van der Waals surface area contributed by atoms with Gasteiger partial charge in [-0.05, 0) is 41.8 Å². The Hall–Kier alpha value is -2.49. The molecule has 0 spiro atoms. The van der Waals surface area contributed by atoms with Gasteiger partial charge in [0, 0.05) is 5.92 Å². The zero-order valence-electron chi connectivity index (χ0n) is 23.4. The molecule has 2 N–H and O–H groups in total. The molecule has 206 valence electrons. The molecule has 4 nitrogen and oxygen atoms in total. The molecule has 0 aliphatic carbocycles. The van der Waals surface area contributed by atoms with E-state index in [0.717, 1.165) is 29.9 Å². The second-order valence-electron chi connectivity index (χ2n) is 10.5. The fraction of sp³-hybridized carbons (Fsp3) is 0.606. The lowest BCUT2D eigenvalue weighted by molar-refractivity contribution is 0.0693. The zero-order chi connectivity index (χ0) is 26.7. The molecule has 1 unspecified atom stereocenters. The van der Waals surface area contributed by atoms with Crippen LogP contribution in [0.3, 0.4) is 0 Å². The number of phenols is 1. The Kier molecular flexibility index (Phi) is 15.5. The Labute approximate surface area is 225 Å². The van der Waals surface area contributed by atoms with Crippen molar-refractivity contribution in [2.24, 2.45) is 0 Å². The molecule has 4 heteroatoms. The molecule has 2 aromatic rings. The van der Waals surface area contributed by atoms with Crippen molar-refractivity contribution >= 4 is 5.97 Å². The summed E-state index contributed by atoms with van der Waals surface area (Å²) >= 11 is 0. The summed E-state index contributed by atoms with van der Waals surface area (Å²) in [5.74, 6) is -0.437. The molecular weight excluding hydrogens is 460 g/mol. The quantitative estimate of drug-likeness (QED) is 0.164. The lowest BCUT2D eigenvalue weighted by Gasteiger charge is -2.14. The minimum absolute atomic E-state index is 0.0214. The Morgan fingerprint density at radius 1 is 0.703 bits per heavy atom. The highest BCUT2D eigenvalue weighted by Crippen LogP contribution is 2.29. The third-order valence-electron chi connectivity index (χ3n) is 7.40. The summed E-state index contributed by atoms with van der Waals surface area (Å²) in [5.41, 5.74) is 1.87. The molecule has 0 aliphatic rings. The molecule has 0 radical (unpaired) electrons. The van der Waals surface area contributed by atoms with Gasteiger partial charge in [0.2, 0.25) is 0 Å². The lowest BCUT2D eigenvalue weighted by atomic mass is 9.92. The predicted molar refractivity (Wildman–Crippen MR) is 154 cm³/mol. The fourth-order valence-corrected chi connectivity index (χ4v) is 4.88. The number of hydrogen-bond donors (Lipinski definition) is 2. The highest BCUT2D eigenvalue weighted by atomic mass is 16.5. The molecule has 0 amide bonds. The van der Waals surface area contributed by atoms with Crippen molar-refractivity contribution < 1.29 is 19.7 Å². The van der Waals surface area contributed by atoms with Crippen molar-refractivity contribution in [1.29, 1.82) is 0 Å². The van der Waals surface area contributed by atoms with Gasteiger partial charge in [0.25, 0.3) is 0 Å². The fourth-order valence-electron chi connectivity index (χ4n) is 4.88. The number of aromatic carboxylic acids is 1. The Morgan fingerprint density at radius 2 is 1.16 bits per heavy atom. The van der Waals surface area contributed by atoms with E-state index in [1.165, 1.54) is 102 Å². The number of ether oxygens (including phenoxy) is 1. The summed E-state index contributed by atoms with van der Waals surface area (Å²) in [4.78, 5) is 11.3. The van der Waals surface area contributed by atoms with Crippen LogP contribution >= 0.6 is 0 Å². The third-order valence-corrected chi connectivity index (χ3v) is 7.40. The Bertz CT molecular complexity index is 874. The van der Waals surface area contributed by atoms with E-state index in [4.69, 9.17) is 4.74 Å². The molecule has 0 bridgehead atoms. The van der Waals surface area contributed by atoms with Gasteiger partial charge in [-0.3, -0.25) is 0 Å². The van der Waals surface area contributed by atoms with Crippen LogP contribution < -0.4 is 4.74 Å². The number of carboxylic acids is 1. The first-order valence-electron chi connectivity index (χ1n) is 14.8. The summed E-state index contributed by atoms with van der Waals surface area (Å²) in [5, 5.41) is 19.0. The summed E-state index contributed by atoms with van der Waals surface area (Å²) < 4.78 is 5.92. The van der Waals surface area contributed by atoms with Gasteiger partial charge in [-0.15, -0.1) is 0 Å². The van der Waals surface area contributed by atoms with Crippen molar-refractivity contribution in [3.8, 4) is 11.5 Å². The van der Waals surface area contributed by atoms with Crippen molar-refractivity contribution in [3.05, 3.63) is 59.2 Å². The molecule has 1 atom stereocenters. The summed E-state index contributed by atoms with van der Waals surface area (Å²) in [6.07, 6.45) is 21.9. The largest absolute Gasteiger partial charge is 0.507 e. The van der Waals surface area contributed by atoms with Gasteiger partial charge in [-0.25, -0.2) is 4.79 Å². The van der Waals surface area contributed by atoms with E-state index in [1.54, 1.807) is 12.1 Å². The number of carbonyl (C=O) groups is 1. The Morgan fingerprint density at radius 3 is 1.65 bits per heavy atom. The first-order chi connectivity index (χ1) is 18.0. The number of rotatable bonds is 21. The van der Waals surface area contributed by atoms with Gasteiger partial charge >= 0.3 is 5.97 Å². The molecule has 0 aliphatic heterocycles. The normalized spacial score (nSPS) is 11.9. The van der Waals surface area contributed by atoms with Crippen LogP contribution in [0, 0.1) is 0 Å². The third kappa shape index (κ3) is 12.5. The molecule has 2 rings (SSSR count). The van der Waals surface area contributed by atoms with Gasteiger partial charge in [0.1, 0.15) is 17.1 Å². The maximum absolute atomic E-state index is 11.3. The molecule has 0 aromatic heterocycles. The van der Waals surface area contributed by atoms with Crippen LogP contribution in [-0.2, 0) is 0 Å². The van der Waals surface area contributed by atoms with Gasteiger partial charge in [0.05, 0.1) is 6.61 Å². The highest BCUT2D eigenvalue weighted by molar-refractivity contribution is 5.91. The van der Waals surface area contributed by atoms with Gasteiger partial charge in [-0.1, -0.05) is 128 Å². The average Bonchev–Trinajstić information content (AvgIpc) is 2.90. The minimum atomic E-state index is -1.12. The van der Waals surface area contributed by atoms with Crippen LogP contribution in [0.25, 0.3) is 0 Å². The maximum atomic E-state index is 11.3. The van der Waals surface area contributed by atoms with Crippen LogP contribution in [0.2, 0.25) is 0 Å². The van der Waals surface area contributed by atoms with E-state index in [0.29, 0.717) is 0 Å². The molecular formula is C33H50O4. The van der Waals surface area contributed by atoms with E-state index in [9.17, 15) is 15.0 Å². The highest BCUT2D eigenvalue weighted by Gasteiger charge is 2.15. The number of aromatic hydroxyl groups is 1. The second kappa shape index (κ2) is 18.7. The van der Waals surface area contributed by atoms with Gasteiger partial charge in [-0.2, -0.15) is 0 Å². The summed E-state index contributed by atoms with van der Waals surface area (Å²) in [6.45, 7) is 5.06. The average molecular weight is 511 g/mol. The summed E-state index contributed by atoms with van der Waals surface area (Å²) in [7, 11) is 0. The van der Waals surface area contributed by atoms with E-state index >= 15 is 0 Å². The number of unbranched alkanes of at least 4 members (excludes halogenated alkanes) is 15. The molecule has 0 fully saturated rings. The summed E-state index contributed by atoms with van der Waals surface area (Å²) in [6, 6.07) is 12.8. The van der Waals surface area contributed by atoms with Crippen molar-refractivity contribution in [3.63, 3.8) is 0 Å². The predicted octanol–water partition coefficient (Wildman–Crippen LogP) is 9.88. The van der Waals surface area contributed by atoms with E-state index < -0.39 is 5.97 Å². The van der Waals surface area contributed by atoms with Gasteiger partial charge < -0.3 is 14.9 Å². The molecule has 0 heterocycles. The van der Waals surface area contributed by atoms with Crippen LogP contribution in [0.1, 0.15) is 144 Å². The Balaban J connectivity index is 1.49. The molecule has 0 saturated heterocycles. The maximum Gasteiger partial charge on any atom is 0.339 e. The van der Waals surface area contributed by atoms with E-state index in [1.807, 2.05) is 31.2 Å². The van der Waals surface area contributed by atoms with Crippen molar-refractivity contribution in [2.45, 2.75) is 122 Å². The lowest BCUT2D eigenvalue weighted by Crippen LogP contribution is -2.02. The second-order valence-corrected chi connectivity index (χ2v) is 10.5. The molecule has 2 aromatic carbocycles. The number of hydrogen-bond acceptors (Lipinski definition) is 3. The molecule has 37 heavy (non-hydrogen) atoms. The number of carboxylic acid groups (broad SMARTS) is 1. The SMILES string of the molecule is CCCCCCCCCCCCCCCCCCOc1ccc(C(C)c2ccc(O)c(C(=O)O)c2)cc1. The van der Waals surface area contributed by atoms with Crippen LogP contribution in [0.5, 0.6) is 11.5 Å². The first-order valence-corrected chi connectivity index (χ1v) is 14.8. The minimum Gasteiger partial charge on any atom is -0.507 e. The zero-order valence-corrected chi connectivity index (χ0v) is 23.4. The van der Waals surface area contributed by atoms with Gasteiger partial charge in [0.15, 0.2) is 0 Å². The van der Waals surface area contributed by atoms with Crippen LogP contribution in [0.4, 0.5) is 0 Å². The molecule has 0 saturated carbocycles. The smallest absolute Gasteiger partial charge is 0.339 e. The number of benzene rings is 2. The van der Waals surface area contributed by atoms with Crippen molar-refractivity contribution in [1.82, 2.24) is 0 Å². The topological polar surface area (TPSA) is 66.8 Å².